The van der Waals surface area contributed by atoms with Crippen LogP contribution in [-0.4, -0.2) is 32.5 Å². The van der Waals surface area contributed by atoms with Crippen molar-refractivity contribution in [2.24, 2.45) is 5.10 Å². The van der Waals surface area contributed by atoms with E-state index in [9.17, 15) is 9.90 Å². The standard InChI is InChI=1S/C31H35ClN4O2S/c1-30(2,3)23-15-21(16-24(28(23)38)31(4,5)6)17-33-35-27(37)19-39-29-34-25-9-7-8-10-26(25)36(29)18-20-11-13-22(32)14-12-20/h7-17,38H,18-19H2,1-6H3,(H,35,37)/b33-17+. The van der Waals surface area contributed by atoms with Crippen molar-refractivity contribution in [3.8, 4) is 5.75 Å². The van der Waals surface area contributed by atoms with Crippen LogP contribution in [0.4, 0.5) is 0 Å². The molecule has 0 radical (unpaired) electrons. The van der Waals surface area contributed by atoms with Crippen molar-refractivity contribution in [1.82, 2.24) is 15.0 Å². The minimum atomic E-state index is -0.245. The third-order valence-electron chi connectivity index (χ3n) is 6.36. The minimum absolute atomic E-state index is 0.164. The molecule has 8 heteroatoms. The number of phenols is 1. The van der Waals surface area contributed by atoms with Gasteiger partial charge in [-0.15, -0.1) is 0 Å². The van der Waals surface area contributed by atoms with Crippen LogP contribution in [0.5, 0.6) is 5.75 Å². The van der Waals surface area contributed by atoms with Gasteiger partial charge in [-0.2, -0.15) is 5.10 Å². The van der Waals surface area contributed by atoms with E-state index < -0.39 is 0 Å². The number of rotatable bonds is 7. The Bertz CT molecular complexity index is 1480. The predicted molar refractivity (Wildman–Crippen MR) is 162 cm³/mol. The SMILES string of the molecule is CC(C)(C)c1cc(/C=N/NC(=O)CSc2nc3ccccc3n2Cc2ccc(Cl)cc2)cc(C(C)(C)C)c1O. The number of benzene rings is 3. The molecule has 0 aliphatic carbocycles. The number of hydrogen-bond acceptors (Lipinski definition) is 5. The van der Waals surface area contributed by atoms with Crippen LogP contribution in [0.25, 0.3) is 11.0 Å². The van der Waals surface area contributed by atoms with Crippen LogP contribution in [0.1, 0.15) is 63.8 Å². The second kappa shape index (κ2) is 11.4. The highest BCUT2D eigenvalue weighted by molar-refractivity contribution is 7.99. The molecule has 0 bridgehead atoms. The molecule has 6 nitrogen and oxygen atoms in total. The Kier molecular flexibility index (Phi) is 8.42. The molecule has 0 unspecified atom stereocenters. The number of nitrogens with zero attached hydrogens (tertiary/aromatic N) is 3. The van der Waals surface area contributed by atoms with Crippen molar-refractivity contribution in [3.63, 3.8) is 0 Å². The number of aromatic hydroxyl groups is 1. The average Bonchev–Trinajstić information content (AvgIpc) is 3.20. The first-order chi connectivity index (χ1) is 18.3. The third-order valence-corrected chi connectivity index (χ3v) is 7.59. The van der Waals surface area contributed by atoms with E-state index in [1.807, 2.05) is 60.7 Å². The summed E-state index contributed by atoms with van der Waals surface area (Å²) in [5, 5.41) is 16.6. The quantitative estimate of drug-likeness (QED) is 0.141. The average molecular weight is 563 g/mol. The molecule has 0 aliphatic rings. The molecular weight excluding hydrogens is 528 g/mol. The number of fused-ring (bicyclic) bond motifs is 1. The van der Waals surface area contributed by atoms with E-state index in [-0.39, 0.29) is 22.5 Å². The number of carbonyl (C=O) groups is 1. The molecule has 1 amide bonds. The topological polar surface area (TPSA) is 79.5 Å². The molecular formula is C31H35ClN4O2S. The molecule has 4 rings (SSSR count). The Morgan fingerprint density at radius 1 is 1.03 bits per heavy atom. The van der Waals surface area contributed by atoms with Gasteiger partial charge in [-0.3, -0.25) is 4.79 Å². The minimum Gasteiger partial charge on any atom is -0.507 e. The molecule has 0 fully saturated rings. The second-order valence-electron chi connectivity index (χ2n) is 11.6. The molecule has 0 aliphatic heterocycles. The molecule has 204 valence electrons. The highest BCUT2D eigenvalue weighted by atomic mass is 35.5. The molecule has 39 heavy (non-hydrogen) atoms. The van der Waals surface area contributed by atoms with Crippen LogP contribution in [-0.2, 0) is 22.2 Å². The fraction of sp³-hybridized carbons (Fsp3) is 0.323. The van der Waals surface area contributed by atoms with E-state index in [0.29, 0.717) is 17.3 Å². The lowest BCUT2D eigenvalue weighted by molar-refractivity contribution is -0.118. The van der Waals surface area contributed by atoms with E-state index in [2.05, 4.69) is 56.6 Å². The van der Waals surface area contributed by atoms with Gasteiger partial charge in [-0.1, -0.05) is 89.2 Å². The number of amides is 1. The van der Waals surface area contributed by atoms with Gasteiger partial charge in [0.15, 0.2) is 5.16 Å². The van der Waals surface area contributed by atoms with E-state index in [1.165, 1.54) is 11.8 Å². The largest absolute Gasteiger partial charge is 0.507 e. The molecule has 2 N–H and O–H groups in total. The van der Waals surface area contributed by atoms with E-state index in [4.69, 9.17) is 16.6 Å². The number of hydrogen-bond donors (Lipinski definition) is 2. The zero-order valence-electron chi connectivity index (χ0n) is 23.2. The van der Waals surface area contributed by atoms with Crippen LogP contribution in [0.3, 0.4) is 0 Å². The van der Waals surface area contributed by atoms with Gasteiger partial charge in [0.1, 0.15) is 5.75 Å². The van der Waals surface area contributed by atoms with Gasteiger partial charge >= 0.3 is 0 Å². The van der Waals surface area contributed by atoms with Gasteiger partial charge < -0.3 is 9.67 Å². The molecule has 0 saturated heterocycles. The number of halogens is 1. The first-order valence-corrected chi connectivity index (χ1v) is 14.2. The monoisotopic (exact) mass is 562 g/mol. The fourth-order valence-corrected chi connectivity index (χ4v) is 5.24. The van der Waals surface area contributed by atoms with Gasteiger partial charge in [-0.05, 0) is 58.4 Å². The fourth-order valence-electron chi connectivity index (χ4n) is 4.30. The van der Waals surface area contributed by atoms with Crippen LogP contribution >= 0.6 is 23.4 Å². The lowest BCUT2D eigenvalue weighted by Gasteiger charge is -2.27. The number of thioether (sulfide) groups is 1. The Hall–Kier alpha value is -3.29. The molecule has 1 aromatic heterocycles. The van der Waals surface area contributed by atoms with Crippen molar-refractivity contribution in [1.29, 1.82) is 0 Å². The number of imidazole rings is 1. The number of hydrazone groups is 1. The maximum atomic E-state index is 12.7. The highest BCUT2D eigenvalue weighted by Gasteiger charge is 2.26. The van der Waals surface area contributed by atoms with Gasteiger partial charge in [0.2, 0.25) is 0 Å². The maximum Gasteiger partial charge on any atom is 0.250 e. The molecule has 1 heterocycles. The number of nitrogens with one attached hydrogen (secondary N) is 1. The first kappa shape index (κ1) is 28.7. The Balaban J connectivity index is 1.48. The van der Waals surface area contributed by atoms with Gasteiger partial charge in [-0.25, -0.2) is 10.4 Å². The number of carbonyl (C=O) groups excluding carboxylic acids is 1. The van der Waals surface area contributed by atoms with Crippen molar-refractivity contribution < 1.29 is 9.90 Å². The van der Waals surface area contributed by atoms with Gasteiger partial charge in [0.25, 0.3) is 5.91 Å². The summed E-state index contributed by atoms with van der Waals surface area (Å²) in [6, 6.07) is 19.5. The summed E-state index contributed by atoms with van der Waals surface area (Å²) in [7, 11) is 0. The summed E-state index contributed by atoms with van der Waals surface area (Å²) in [6.07, 6.45) is 1.63. The summed E-state index contributed by atoms with van der Waals surface area (Å²) in [4.78, 5) is 17.5. The summed E-state index contributed by atoms with van der Waals surface area (Å²) in [5.41, 5.74) is 7.64. The summed E-state index contributed by atoms with van der Waals surface area (Å²) >= 11 is 7.43. The van der Waals surface area contributed by atoms with E-state index in [1.54, 1.807) is 6.21 Å². The van der Waals surface area contributed by atoms with Gasteiger partial charge in [0.05, 0.1) is 29.5 Å². The zero-order valence-corrected chi connectivity index (χ0v) is 24.8. The van der Waals surface area contributed by atoms with Crippen LogP contribution < -0.4 is 5.43 Å². The molecule has 4 aromatic rings. The van der Waals surface area contributed by atoms with Crippen molar-refractivity contribution >= 4 is 46.5 Å². The summed E-state index contributed by atoms with van der Waals surface area (Å²) in [5.74, 6) is 0.249. The predicted octanol–water partition coefficient (Wildman–Crippen LogP) is 7.28. The number of para-hydroxylation sites is 2. The Morgan fingerprint density at radius 2 is 1.64 bits per heavy atom. The van der Waals surface area contributed by atoms with Crippen molar-refractivity contribution in [2.45, 2.75) is 64.1 Å². The highest BCUT2D eigenvalue weighted by Crippen LogP contribution is 2.39. The molecule has 0 atom stereocenters. The van der Waals surface area contributed by atoms with Gasteiger partial charge in [0, 0.05) is 16.1 Å². The lowest BCUT2D eigenvalue weighted by Crippen LogP contribution is -2.20. The lowest BCUT2D eigenvalue weighted by atomic mass is 9.78. The molecule has 3 aromatic carbocycles. The van der Waals surface area contributed by atoms with Crippen LogP contribution in [0.2, 0.25) is 5.02 Å². The Morgan fingerprint density at radius 3 is 2.26 bits per heavy atom. The molecule has 0 spiro atoms. The van der Waals surface area contributed by atoms with Crippen LogP contribution in [0.15, 0.2) is 70.9 Å². The smallest absolute Gasteiger partial charge is 0.250 e. The first-order valence-electron chi connectivity index (χ1n) is 12.9. The maximum absolute atomic E-state index is 12.7. The van der Waals surface area contributed by atoms with Crippen molar-refractivity contribution in [2.75, 3.05) is 5.75 Å². The molecule has 0 saturated carbocycles. The third kappa shape index (κ3) is 7.02. The summed E-state index contributed by atoms with van der Waals surface area (Å²) < 4.78 is 2.11. The van der Waals surface area contributed by atoms with E-state index in [0.717, 1.165) is 38.4 Å². The zero-order chi connectivity index (χ0) is 28.4. The van der Waals surface area contributed by atoms with E-state index >= 15 is 0 Å². The van der Waals surface area contributed by atoms with Crippen LogP contribution in [0, 0.1) is 0 Å². The normalized spacial score (nSPS) is 12.4. The summed E-state index contributed by atoms with van der Waals surface area (Å²) in [6.45, 7) is 13.0. The second-order valence-corrected chi connectivity index (χ2v) is 13.0. The van der Waals surface area contributed by atoms with Crippen molar-refractivity contribution in [3.05, 3.63) is 87.9 Å². The number of phenolic OH excluding ortho intramolecular Hbond substituents is 1. The Labute approximate surface area is 239 Å². The number of aromatic nitrogens is 2.